The van der Waals surface area contributed by atoms with E-state index in [9.17, 15) is 0 Å². The van der Waals surface area contributed by atoms with Crippen LogP contribution in [0, 0.1) is 11.8 Å². The van der Waals surface area contributed by atoms with E-state index >= 15 is 0 Å². The summed E-state index contributed by atoms with van der Waals surface area (Å²) in [6.45, 7) is 5.26. The molecule has 2 N–H and O–H groups in total. The van der Waals surface area contributed by atoms with E-state index < -0.39 is 0 Å². The molecule has 14 heavy (non-hydrogen) atoms. The first-order valence-electron chi connectivity index (χ1n) is 5.31. The highest BCUT2D eigenvalue weighted by molar-refractivity contribution is 4.91. The van der Waals surface area contributed by atoms with Gasteiger partial charge < -0.3 is 10.3 Å². The minimum atomic E-state index is 0.607. The van der Waals surface area contributed by atoms with Crippen molar-refractivity contribution >= 4 is 0 Å². The Morgan fingerprint density at radius 1 is 1.43 bits per heavy atom. The van der Waals surface area contributed by atoms with Crippen molar-refractivity contribution in [1.29, 1.82) is 0 Å². The third-order valence-electron chi connectivity index (χ3n) is 3.09. The summed E-state index contributed by atoms with van der Waals surface area (Å²) in [5.41, 5.74) is 5.63. The van der Waals surface area contributed by atoms with Crippen molar-refractivity contribution in [2.24, 2.45) is 24.6 Å². The van der Waals surface area contributed by atoms with Crippen LogP contribution in [0.5, 0.6) is 0 Å². The minimum Gasteiger partial charge on any atom is -0.338 e. The molecule has 1 heterocycles. The lowest BCUT2D eigenvalue weighted by atomic mass is 9.91. The fourth-order valence-electron chi connectivity index (χ4n) is 1.51. The van der Waals surface area contributed by atoms with E-state index in [2.05, 4.69) is 23.4 Å². The van der Waals surface area contributed by atoms with E-state index in [1.165, 1.54) is 12.2 Å². The Balaban J connectivity index is 2.37. The van der Waals surface area contributed by atoms with Gasteiger partial charge in [0, 0.05) is 25.9 Å². The Bertz CT molecular complexity index is 267. The summed E-state index contributed by atoms with van der Waals surface area (Å²) >= 11 is 0. The zero-order valence-corrected chi connectivity index (χ0v) is 9.40. The standard InChI is InChI=1S/C11H21N3/c1-9(10(2)8-12)4-5-11-13-6-7-14(11)3/h6-7,9-10H,4-5,8,12H2,1-3H3. The highest BCUT2D eigenvalue weighted by Crippen LogP contribution is 2.15. The van der Waals surface area contributed by atoms with Gasteiger partial charge in [-0.1, -0.05) is 13.8 Å². The van der Waals surface area contributed by atoms with Gasteiger partial charge in [0.25, 0.3) is 0 Å². The summed E-state index contributed by atoms with van der Waals surface area (Å²) in [5, 5.41) is 0. The van der Waals surface area contributed by atoms with Crippen molar-refractivity contribution in [3.05, 3.63) is 18.2 Å². The van der Waals surface area contributed by atoms with E-state index in [0.717, 1.165) is 13.0 Å². The second-order valence-electron chi connectivity index (χ2n) is 4.18. The minimum absolute atomic E-state index is 0.607. The number of hydrogen-bond acceptors (Lipinski definition) is 2. The second-order valence-corrected chi connectivity index (χ2v) is 4.18. The maximum Gasteiger partial charge on any atom is 0.108 e. The van der Waals surface area contributed by atoms with Crippen molar-refractivity contribution < 1.29 is 0 Å². The molecular weight excluding hydrogens is 174 g/mol. The quantitative estimate of drug-likeness (QED) is 0.775. The molecule has 0 aliphatic carbocycles. The van der Waals surface area contributed by atoms with Crippen LogP contribution in [-0.4, -0.2) is 16.1 Å². The first-order chi connectivity index (χ1) is 6.65. The van der Waals surface area contributed by atoms with Crippen LogP contribution >= 0.6 is 0 Å². The predicted molar refractivity (Wildman–Crippen MR) is 58.9 cm³/mol. The summed E-state index contributed by atoms with van der Waals surface area (Å²) in [6, 6.07) is 0. The molecule has 0 amide bonds. The Morgan fingerprint density at radius 3 is 2.64 bits per heavy atom. The van der Waals surface area contributed by atoms with E-state index in [4.69, 9.17) is 5.73 Å². The Hall–Kier alpha value is -0.830. The summed E-state index contributed by atoms with van der Waals surface area (Å²) in [6.07, 6.45) is 6.07. The first kappa shape index (κ1) is 11.2. The molecule has 3 heteroatoms. The van der Waals surface area contributed by atoms with Crippen LogP contribution in [0.25, 0.3) is 0 Å². The topological polar surface area (TPSA) is 43.8 Å². The molecule has 1 rings (SSSR count). The number of imidazole rings is 1. The molecule has 0 saturated heterocycles. The third kappa shape index (κ3) is 2.84. The van der Waals surface area contributed by atoms with Crippen LogP contribution in [0.4, 0.5) is 0 Å². The highest BCUT2D eigenvalue weighted by Gasteiger charge is 2.11. The molecule has 0 aromatic carbocycles. The zero-order chi connectivity index (χ0) is 10.6. The monoisotopic (exact) mass is 195 g/mol. The van der Waals surface area contributed by atoms with Gasteiger partial charge in [0.15, 0.2) is 0 Å². The van der Waals surface area contributed by atoms with E-state index in [1.54, 1.807) is 0 Å². The Morgan fingerprint density at radius 2 is 2.14 bits per heavy atom. The smallest absolute Gasteiger partial charge is 0.108 e. The summed E-state index contributed by atoms with van der Waals surface area (Å²) in [7, 11) is 2.04. The summed E-state index contributed by atoms with van der Waals surface area (Å²) < 4.78 is 2.08. The molecule has 0 fully saturated rings. The number of nitrogens with zero attached hydrogens (tertiary/aromatic N) is 2. The van der Waals surface area contributed by atoms with Crippen LogP contribution in [0.1, 0.15) is 26.1 Å². The van der Waals surface area contributed by atoms with Gasteiger partial charge in [-0.05, 0) is 24.8 Å². The third-order valence-corrected chi connectivity index (χ3v) is 3.09. The molecule has 1 aromatic rings. The van der Waals surface area contributed by atoms with Gasteiger partial charge in [0.1, 0.15) is 5.82 Å². The van der Waals surface area contributed by atoms with Crippen LogP contribution in [0.3, 0.4) is 0 Å². The molecular formula is C11H21N3. The van der Waals surface area contributed by atoms with Gasteiger partial charge in [0.2, 0.25) is 0 Å². The number of rotatable bonds is 5. The maximum atomic E-state index is 5.63. The molecule has 0 radical (unpaired) electrons. The molecule has 2 unspecified atom stereocenters. The number of hydrogen-bond donors (Lipinski definition) is 1. The van der Waals surface area contributed by atoms with Crippen LogP contribution in [0.15, 0.2) is 12.4 Å². The molecule has 0 aliphatic rings. The molecule has 0 spiro atoms. The largest absolute Gasteiger partial charge is 0.338 e. The molecule has 0 saturated carbocycles. The second kappa shape index (κ2) is 5.15. The fourth-order valence-corrected chi connectivity index (χ4v) is 1.51. The number of aromatic nitrogens is 2. The van der Waals surface area contributed by atoms with Gasteiger partial charge in [-0.3, -0.25) is 0 Å². The average Bonchev–Trinajstić information content (AvgIpc) is 2.59. The van der Waals surface area contributed by atoms with Gasteiger partial charge in [-0.2, -0.15) is 0 Å². The lowest BCUT2D eigenvalue weighted by Crippen LogP contribution is -2.19. The average molecular weight is 195 g/mol. The lowest BCUT2D eigenvalue weighted by Gasteiger charge is -2.17. The molecule has 0 bridgehead atoms. The van der Waals surface area contributed by atoms with Gasteiger partial charge >= 0.3 is 0 Å². The van der Waals surface area contributed by atoms with E-state index in [0.29, 0.717) is 11.8 Å². The van der Waals surface area contributed by atoms with Gasteiger partial charge in [-0.25, -0.2) is 4.98 Å². The molecule has 0 aliphatic heterocycles. The normalized spacial score (nSPS) is 15.4. The number of nitrogens with two attached hydrogens (primary N) is 1. The van der Waals surface area contributed by atoms with Gasteiger partial charge in [0.05, 0.1) is 0 Å². The van der Waals surface area contributed by atoms with Crippen molar-refractivity contribution in [2.75, 3.05) is 6.54 Å². The predicted octanol–water partition coefficient (Wildman–Crippen LogP) is 1.58. The Labute approximate surface area is 86.3 Å². The number of aryl methyl sites for hydroxylation is 2. The SMILES string of the molecule is CC(CN)C(C)CCc1nccn1C. The fraction of sp³-hybridized carbons (Fsp3) is 0.727. The molecule has 2 atom stereocenters. The van der Waals surface area contributed by atoms with Crippen molar-refractivity contribution in [2.45, 2.75) is 26.7 Å². The summed E-state index contributed by atoms with van der Waals surface area (Å²) in [5.74, 6) is 2.45. The first-order valence-corrected chi connectivity index (χ1v) is 5.31. The van der Waals surface area contributed by atoms with Gasteiger partial charge in [-0.15, -0.1) is 0 Å². The zero-order valence-electron chi connectivity index (χ0n) is 9.40. The lowest BCUT2D eigenvalue weighted by molar-refractivity contribution is 0.369. The molecule has 3 nitrogen and oxygen atoms in total. The van der Waals surface area contributed by atoms with Crippen LogP contribution in [-0.2, 0) is 13.5 Å². The van der Waals surface area contributed by atoms with Crippen molar-refractivity contribution in [3.63, 3.8) is 0 Å². The van der Waals surface area contributed by atoms with E-state index in [1.807, 2.05) is 19.4 Å². The highest BCUT2D eigenvalue weighted by atomic mass is 15.0. The van der Waals surface area contributed by atoms with Crippen molar-refractivity contribution in [1.82, 2.24) is 9.55 Å². The van der Waals surface area contributed by atoms with Crippen LogP contribution in [0.2, 0.25) is 0 Å². The van der Waals surface area contributed by atoms with E-state index in [-0.39, 0.29) is 0 Å². The molecule has 1 aromatic heterocycles. The maximum absolute atomic E-state index is 5.63. The Kier molecular flexibility index (Phi) is 4.14. The molecule has 80 valence electrons. The van der Waals surface area contributed by atoms with Crippen molar-refractivity contribution in [3.8, 4) is 0 Å². The summed E-state index contributed by atoms with van der Waals surface area (Å²) in [4.78, 5) is 4.30. The van der Waals surface area contributed by atoms with Crippen LogP contribution < -0.4 is 5.73 Å².